The molecule has 11 heteroatoms. The number of aromatic nitrogens is 2. The third kappa shape index (κ3) is 5.44. The van der Waals surface area contributed by atoms with Gasteiger partial charge in [0.2, 0.25) is 11.7 Å². The van der Waals surface area contributed by atoms with Crippen molar-refractivity contribution in [2.24, 2.45) is 0 Å². The second-order valence-electron chi connectivity index (χ2n) is 6.14. The van der Waals surface area contributed by atoms with Crippen molar-refractivity contribution in [3.05, 3.63) is 75.9 Å². The minimum Gasteiger partial charge on any atom is -0.354 e. The molecule has 0 bridgehead atoms. The predicted octanol–water partition coefficient (Wildman–Crippen LogP) is 1.87. The Hall–Kier alpha value is -4.15. The number of benzene rings is 2. The summed E-state index contributed by atoms with van der Waals surface area (Å²) in [5, 5.41) is 19.6. The SMILES string of the molecule is O=C(Cc1ccc(F)cc1)NCCNC(=O)c1nc(-c2cccc([N+](=O)[O-])c2)no1. The highest BCUT2D eigenvalue weighted by Crippen LogP contribution is 2.21. The number of nitro groups is 1. The van der Waals surface area contributed by atoms with Crippen molar-refractivity contribution in [2.45, 2.75) is 6.42 Å². The summed E-state index contributed by atoms with van der Waals surface area (Å²) in [5.74, 6) is -1.57. The molecule has 2 N–H and O–H groups in total. The van der Waals surface area contributed by atoms with Gasteiger partial charge in [-0.15, -0.1) is 0 Å². The molecular weight excluding hydrogens is 397 g/mol. The van der Waals surface area contributed by atoms with E-state index in [2.05, 4.69) is 20.8 Å². The number of hydrogen-bond acceptors (Lipinski definition) is 7. The van der Waals surface area contributed by atoms with Gasteiger partial charge in [-0.2, -0.15) is 4.98 Å². The first-order valence-electron chi connectivity index (χ1n) is 8.80. The maximum Gasteiger partial charge on any atom is 0.316 e. The number of nitrogens with one attached hydrogen (secondary N) is 2. The predicted molar refractivity (Wildman–Crippen MR) is 102 cm³/mol. The molecule has 0 unspecified atom stereocenters. The van der Waals surface area contributed by atoms with Crippen LogP contribution < -0.4 is 10.6 Å². The van der Waals surface area contributed by atoms with Crippen molar-refractivity contribution in [3.8, 4) is 11.4 Å². The molecule has 1 heterocycles. The first kappa shape index (κ1) is 20.6. The minimum absolute atomic E-state index is 0.0384. The van der Waals surface area contributed by atoms with Crippen molar-refractivity contribution in [3.63, 3.8) is 0 Å². The average Bonchev–Trinajstić information content (AvgIpc) is 3.23. The van der Waals surface area contributed by atoms with Crippen LogP contribution in [0.1, 0.15) is 16.2 Å². The molecule has 0 aliphatic rings. The molecule has 154 valence electrons. The Morgan fingerprint density at radius 2 is 1.83 bits per heavy atom. The lowest BCUT2D eigenvalue weighted by atomic mass is 10.1. The Balaban J connectivity index is 1.46. The topological polar surface area (TPSA) is 140 Å². The standard InChI is InChI=1S/C19H16FN5O5/c20-14-6-4-12(5-7-14)10-16(26)21-8-9-22-18(27)19-23-17(24-30-19)13-2-1-3-15(11-13)25(28)29/h1-7,11H,8-10H2,(H,21,26)(H,22,27). The molecule has 0 radical (unpaired) electrons. The monoisotopic (exact) mass is 413 g/mol. The van der Waals surface area contributed by atoms with Crippen LogP contribution in [0.4, 0.5) is 10.1 Å². The number of amides is 2. The lowest BCUT2D eigenvalue weighted by Gasteiger charge is -2.06. The van der Waals surface area contributed by atoms with Gasteiger partial charge in [-0.3, -0.25) is 19.7 Å². The van der Waals surface area contributed by atoms with Crippen molar-refractivity contribution >= 4 is 17.5 Å². The van der Waals surface area contributed by atoms with Gasteiger partial charge in [0, 0.05) is 30.8 Å². The van der Waals surface area contributed by atoms with Crippen LogP contribution in [0.25, 0.3) is 11.4 Å². The first-order chi connectivity index (χ1) is 14.4. The summed E-state index contributed by atoms with van der Waals surface area (Å²) in [4.78, 5) is 38.1. The Labute approximate surface area is 169 Å². The van der Waals surface area contributed by atoms with Crippen LogP contribution in [0.2, 0.25) is 0 Å². The average molecular weight is 413 g/mol. The molecule has 0 saturated carbocycles. The van der Waals surface area contributed by atoms with E-state index in [0.717, 1.165) is 0 Å². The fourth-order valence-electron chi connectivity index (χ4n) is 2.50. The quantitative estimate of drug-likeness (QED) is 0.326. The van der Waals surface area contributed by atoms with Crippen LogP contribution in [0.3, 0.4) is 0 Å². The molecule has 0 spiro atoms. The number of hydrogen-bond donors (Lipinski definition) is 2. The zero-order valence-electron chi connectivity index (χ0n) is 15.5. The maximum absolute atomic E-state index is 12.9. The zero-order chi connectivity index (χ0) is 21.5. The van der Waals surface area contributed by atoms with E-state index >= 15 is 0 Å². The van der Waals surface area contributed by atoms with Gasteiger partial charge in [0.25, 0.3) is 5.69 Å². The van der Waals surface area contributed by atoms with Crippen molar-refractivity contribution in [1.82, 2.24) is 20.8 Å². The van der Waals surface area contributed by atoms with Crippen molar-refractivity contribution in [1.29, 1.82) is 0 Å². The molecular formula is C19H16FN5O5. The lowest BCUT2D eigenvalue weighted by Crippen LogP contribution is -2.35. The Kier molecular flexibility index (Phi) is 6.42. The number of nitrogens with zero attached hydrogens (tertiary/aromatic N) is 3. The normalized spacial score (nSPS) is 10.4. The van der Waals surface area contributed by atoms with Crippen LogP contribution in [-0.2, 0) is 11.2 Å². The third-order valence-electron chi connectivity index (χ3n) is 3.95. The Morgan fingerprint density at radius 3 is 2.57 bits per heavy atom. The largest absolute Gasteiger partial charge is 0.354 e. The van der Waals surface area contributed by atoms with Crippen LogP contribution in [0, 0.1) is 15.9 Å². The number of halogens is 1. The van der Waals surface area contributed by atoms with Gasteiger partial charge in [0.1, 0.15) is 5.82 Å². The third-order valence-corrected chi connectivity index (χ3v) is 3.95. The van der Waals surface area contributed by atoms with E-state index in [9.17, 15) is 24.1 Å². The Morgan fingerprint density at radius 1 is 1.10 bits per heavy atom. The molecule has 0 fully saturated rings. The second-order valence-corrected chi connectivity index (χ2v) is 6.14. The molecule has 0 saturated heterocycles. The highest BCUT2D eigenvalue weighted by molar-refractivity contribution is 5.90. The molecule has 0 aliphatic heterocycles. The van der Waals surface area contributed by atoms with Crippen LogP contribution in [0.15, 0.2) is 53.1 Å². The summed E-state index contributed by atoms with van der Waals surface area (Å²) in [6.45, 7) is 0.278. The van der Waals surface area contributed by atoms with Crippen LogP contribution >= 0.6 is 0 Å². The van der Waals surface area contributed by atoms with E-state index < -0.39 is 10.8 Å². The molecule has 0 atom stereocenters. The van der Waals surface area contributed by atoms with E-state index in [1.807, 2.05) is 0 Å². The molecule has 0 aliphatic carbocycles. The second kappa shape index (κ2) is 9.37. The van der Waals surface area contributed by atoms with Crippen molar-refractivity contribution < 1.29 is 23.4 Å². The number of non-ortho nitro benzene ring substituents is 1. The van der Waals surface area contributed by atoms with Gasteiger partial charge in [0.15, 0.2) is 0 Å². The zero-order valence-corrected chi connectivity index (χ0v) is 15.5. The number of carbonyl (C=O) groups is 2. The fraction of sp³-hybridized carbons (Fsp3) is 0.158. The summed E-state index contributed by atoms with van der Waals surface area (Å²) in [7, 11) is 0. The molecule has 1 aromatic heterocycles. The van der Waals surface area contributed by atoms with Gasteiger partial charge in [-0.05, 0) is 17.7 Å². The van der Waals surface area contributed by atoms with Crippen molar-refractivity contribution in [2.75, 3.05) is 13.1 Å². The van der Waals surface area contributed by atoms with Gasteiger partial charge in [-0.1, -0.05) is 29.4 Å². The summed E-state index contributed by atoms with van der Waals surface area (Å²) in [6.07, 6.45) is 0.0878. The molecule has 3 aromatic rings. The number of rotatable bonds is 8. The fourth-order valence-corrected chi connectivity index (χ4v) is 2.50. The summed E-state index contributed by atoms with van der Waals surface area (Å²) in [6, 6.07) is 11.2. The Bertz CT molecular complexity index is 1070. The highest BCUT2D eigenvalue weighted by Gasteiger charge is 2.17. The summed E-state index contributed by atoms with van der Waals surface area (Å²) in [5.41, 5.74) is 0.859. The number of carbonyl (C=O) groups excluding carboxylic acids is 2. The van der Waals surface area contributed by atoms with Gasteiger partial charge in [0.05, 0.1) is 11.3 Å². The summed E-state index contributed by atoms with van der Waals surface area (Å²) >= 11 is 0. The van der Waals surface area contributed by atoms with E-state index in [4.69, 9.17) is 4.52 Å². The van der Waals surface area contributed by atoms with Gasteiger partial charge < -0.3 is 15.2 Å². The first-order valence-corrected chi connectivity index (χ1v) is 8.80. The van der Waals surface area contributed by atoms with Gasteiger partial charge >= 0.3 is 11.8 Å². The molecule has 2 aromatic carbocycles. The van der Waals surface area contributed by atoms with Crippen LogP contribution in [0.5, 0.6) is 0 Å². The molecule has 30 heavy (non-hydrogen) atoms. The number of nitro benzene ring substituents is 1. The maximum atomic E-state index is 12.9. The molecule has 3 rings (SSSR count). The molecule has 10 nitrogen and oxygen atoms in total. The van der Waals surface area contributed by atoms with Crippen LogP contribution in [-0.4, -0.2) is 40.0 Å². The highest BCUT2D eigenvalue weighted by atomic mass is 19.1. The van der Waals surface area contributed by atoms with Gasteiger partial charge in [-0.25, -0.2) is 4.39 Å². The van der Waals surface area contributed by atoms with E-state index in [1.54, 1.807) is 6.07 Å². The molecule has 2 amide bonds. The minimum atomic E-state index is -0.646. The lowest BCUT2D eigenvalue weighted by molar-refractivity contribution is -0.384. The summed E-state index contributed by atoms with van der Waals surface area (Å²) < 4.78 is 17.7. The van der Waals surface area contributed by atoms with E-state index in [0.29, 0.717) is 11.1 Å². The van der Waals surface area contributed by atoms with E-state index in [1.165, 1.54) is 42.5 Å². The smallest absolute Gasteiger partial charge is 0.316 e. The van der Waals surface area contributed by atoms with E-state index in [-0.39, 0.29) is 48.6 Å².